The molecule has 0 radical (unpaired) electrons. The molecule has 0 saturated carbocycles. The average Bonchev–Trinajstić information content (AvgIpc) is 3.45. The van der Waals surface area contributed by atoms with Crippen LogP contribution in [0.1, 0.15) is 48.2 Å². The van der Waals surface area contributed by atoms with E-state index in [0.29, 0.717) is 5.82 Å². The summed E-state index contributed by atoms with van der Waals surface area (Å²) in [5, 5.41) is 4.72. The van der Waals surface area contributed by atoms with Crippen LogP contribution in [0.25, 0.3) is 17.8 Å². The van der Waals surface area contributed by atoms with Gasteiger partial charge in [-0.3, -0.25) is 0 Å². The number of ether oxygens (including phenoxy) is 1. The fourth-order valence-electron chi connectivity index (χ4n) is 4.51. The summed E-state index contributed by atoms with van der Waals surface area (Å²) in [5.41, 5.74) is 3.63. The maximum absolute atomic E-state index is 13.5. The van der Waals surface area contributed by atoms with Gasteiger partial charge < -0.3 is 9.30 Å². The lowest BCUT2D eigenvalue weighted by Gasteiger charge is -2.33. The molecule has 3 heterocycles. The first kappa shape index (κ1) is 21.1. The molecule has 33 heavy (non-hydrogen) atoms. The maximum Gasteiger partial charge on any atom is 0.174 e. The Morgan fingerprint density at radius 1 is 1.12 bits per heavy atom. The number of methoxy groups -OCH3 is 1. The molecule has 7 heteroatoms. The molecule has 0 N–H and O–H groups in total. The number of hydrogen-bond donors (Lipinski definition) is 0. The Kier molecular flexibility index (Phi) is 5.32. The van der Waals surface area contributed by atoms with E-state index < -0.39 is 0 Å². The predicted molar refractivity (Wildman–Crippen MR) is 126 cm³/mol. The number of hydrogen-bond acceptors (Lipinski definition) is 4. The molecule has 6 nitrogen and oxygen atoms in total. The largest absolute Gasteiger partial charge is 0.495 e. The highest BCUT2D eigenvalue weighted by molar-refractivity contribution is 5.69. The maximum atomic E-state index is 13.5. The van der Waals surface area contributed by atoms with Gasteiger partial charge in [0.2, 0.25) is 0 Å². The summed E-state index contributed by atoms with van der Waals surface area (Å²) in [7, 11) is 1.66. The first-order valence-corrected chi connectivity index (χ1v) is 11.0. The topological polar surface area (TPSA) is 57.8 Å². The predicted octanol–water partition coefficient (Wildman–Crippen LogP) is 5.19. The van der Waals surface area contributed by atoms with Crippen LogP contribution >= 0.6 is 0 Å². The minimum Gasteiger partial charge on any atom is -0.495 e. The number of rotatable bonds is 5. The Morgan fingerprint density at radius 2 is 1.94 bits per heavy atom. The van der Waals surface area contributed by atoms with Gasteiger partial charge in [0.15, 0.2) is 5.82 Å². The fraction of sp³-hybridized carbons (Fsp3) is 0.269. The van der Waals surface area contributed by atoms with Gasteiger partial charge in [-0.2, -0.15) is 5.10 Å². The second kappa shape index (κ2) is 8.31. The van der Waals surface area contributed by atoms with Gasteiger partial charge in [-0.05, 0) is 68.2 Å². The summed E-state index contributed by atoms with van der Waals surface area (Å²) < 4.78 is 23.0. The Labute approximate surface area is 192 Å². The Bertz CT molecular complexity index is 1320. The lowest BCUT2D eigenvalue weighted by Crippen LogP contribution is -2.33. The van der Waals surface area contributed by atoms with Gasteiger partial charge in [0.1, 0.15) is 17.4 Å². The van der Waals surface area contributed by atoms with E-state index >= 15 is 0 Å². The third-order valence-corrected chi connectivity index (χ3v) is 6.33. The summed E-state index contributed by atoms with van der Waals surface area (Å²) in [6, 6.07) is 12.8. The van der Waals surface area contributed by atoms with Crippen molar-refractivity contribution in [3.8, 4) is 11.4 Å². The zero-order valence-corrected chi connectivity index (χ0v) is 19.0. The molecule has 0 saturated heterocycles. The number of benzene rings is 2. The molecule has 0 amide bonds. The average molecular weight is 444 g/mol. The quantitative estimate of drug-likeness (QED) is 0.426. The van der Waals surface area contributed by atoms with Crippen molar-refractivity contribution in [1.29, 1.82) is 0 Å². The lowest BCUT2D eigenvalue weighted by atomic mass is 9.76. The SMILES string of the molecule is COc1cc(/C=C/c2nc3n(n2)CCC[C@@]3(C)c2ccc(F)cc2)ccc1-n1cnc(C)c1. The van der Waals surface area contributed by atoms with Crippen molar-refractivity contribution in [2.75, 3.05) is 7.11 Å². The van der Waals surface area contributed by atoms with Crippen LogP contribution < -0.4 is 4.74 Å². The molecule has 0 fully saturated rings. The van der Waals surface area contributed by atoms with E-state index in [-0.39, 0.29) is 11.2 Å². The molecule has 0 spiro atoms. The Morgan fingerprint density at radius 3 is 2.67 bits per heavy atom. The number of halogens is 1. The molecule has 1 atom stereocenters. The van der Waals surface area contributed by atoms with Crippen LogP contribution in [0, 0.1) is 12.7 Å². The van der Waals surface area contributed by atoms with Crippen molar-refractivity contribution in [3.63, 3.8) is 0 Å². The molecular formula is C26H26FN5O. The van der Waals surface area contributed by atoms with Crippen LogP contribution in [-0.4, -0.2) is 31.4 Å². The number of imidazole rings is 1. The zero-order chi connectivity index (χ0) is 23.0. The second-order valence-corrected chi connectivity index (χ2v) is 8.65. The number of aryl methyl sites for hydroxylation is 2. The summed E-state index contributed by atoms with van der Waals surface area (Å²) in [4.78, 5) is 9.15. The number of nitrogens with zero attached hydrogens (tertiary/aromatic N) is 5. The highest BCUT2D eigenvalue weighted by Crippen LogP contribution is 2.38. The van der Waals surface area contributed by atoms with E-state index in [9.17, 15) is 4.39 Å². The lowest BCUT2D eigenvalue weighted by molar-refractivity contribution is 0.357. The Hall–Kier alpha value is -3.74. The molecule has 2 aromatic heterocycles. The molecule has 1 aliphatic heterocycles. The van der Waals surface area contributed by atoms with Gasteiger partial charge in [-0.1, -0.05) is 24.3 Å². The first-order chi connectivity index (χ1) is 16.0. The van der Waals surface area contributed by atoms with Crippen molar-refractivity contribution in [2.24, 2.45) is 0 Å². The van der Waals surface area contributed by atoms with Gasteiger partial charge in [0.25, 0.3) is 0 Å². The second-order valence-electron chi connectivity index (χ2n) is 8.65. The third kappa shape index (κ3) is 3.95. The van der Waals surface area contributed by atoms with E-state index in [0.717, 1.165) is 53.5 Å². The molecule has 0 aliphatic carbocycles. The van der Waals surface area contributed by atoms with Gasteiger partial charge in [0, 0.05) is 12.7 Å². The van der Waals surface area contributed by atoms with Gasteiger partial charge in [-0.15, -0.1) is 0 Å². The molecule has 0 unspecified atom stereocenters. The van der Waals surface area contributed by atoms with Gasteiger partial charge in [0.05, 0.1) is 30.2 Å². The fourth-order valence-corrected chi connectivity index (χ4v) is 4.51. The Balaban J connectivity index is 1.43. The van der Waals surface area contributed by atoms with E-state index in [4.69, 9.17) is 14.8 Å². The number of aromatic nitrogens is 5. The van der Waals surface area contributed by atoms with Gasteiger partial charge in [-0.25, -0.2) is 19.0 Å². The summed E-state index contributed by atoms with van der Waals surface area (Å²) in [6.45, 7) is 4.95. The van der Waals surface area contributed by atoms with Crippen LogP contribution in [0.2, 0.25) is 0 Å². The van der Waals surface area contributed by atoms with Crippen molar-refractivity contribution in [3.05, 3.63) is 89.3 Å². The molecule has 0 bridgehead atoms. The highest BCUT2D eigenvalue weighted by atomic mass is 19.1. The molecule has 4 aromatic rings. The highest BCUT2D eigenvalue weighted by Gasteiger charge is 2.37. The third-order valence-electron chi connectivity index (χ3n) is 6.33. The monoisotopic (exact) mass is 443 g/mol. The van der Waals surface area contributed by atoms with E-state index in [1.165, 1.54) is 12.1 Å². The van der Waals surface area contributed by atoms with Crippen LogP contribution in [0.15, 0.2) is 55.0 Å². The molecule has 5 rings (SSSR count). The molecule has 2 aromatic carbocycles. The summed E-state index contributed by atoms with van der Waals surface area (Å²) in [6.07, 6.45) is 9.60. The molecule has 168 valence electrons. The standard InChI is InChI=1S/C26H26FN5O/c1-18-16-31(17-28-18)22-11-5-19(15-23(22)33-3)6-12-24-29-25-26(2,13-4-14-32(25)30-24)20-7-9-21(27)10-8-20/h5-12,15-17H,4,13-14H2,1-3H3/b12-6+/t26-/m0/s1. The van der Waals surface area contributed by atoms with Crippen molar-refractivity contribution in [1.82, 2.24) is 24.3 Å². The zero-order valence-electron chi connectivity index (χ0n) is 19.0. The van der Waals surface area contributed by atoms with E-state index in [1.54, 1.807) is 13.4 Å². The van der Waals surface area contributed by atoms with Crippen LogP contribution in [0.4, 0.5) is 4.39 Å². The summed E-state index contributed by atoms with van der Waals surface area (Å²) >= 11 is 0. The van der Waals surface area contributed by atoms with Crippen LogP contribution in [0.5, 0.6) is 5.75 Å². The van der Waals surface area contributed by atoms with E-state index in [1.807, 2.05) is 64.9 Å². The molecule has 1 aliphatic rings. The normalized spacial score (nSPS) is 17.9. The van der Waals surface area contributed by atoms with Gasteiger partial charge >= 0.3 is 0 Å². The van der Waals surface area contributed by atoms with E-state index in [2.05, 4.69) is 11.9 Å². The first-order valence-electron chi connectivity index (χ1n) is 11.0. The number of fused-ring (bicyclic) bond motifs is 1. The minimum atomic E-state index is -0.293. The summed E-state index contributed by atoms with van der Waals surface area (Å²) in [5.74, 6) is 2.11. The van der Waals surface area contributed by atoms with Crippen LogP contribution in [-0.2, 0) is 12.0 Å². The van der Waals surface area contributed by atoms with Crippen molar-refractivity contribution in [2.45, 2.75) is 38.6 Å². The molecular weight excluding hydrogens is 417 g/mol. The van der Waals surface area contributed by atoms with Crippen molar-refractivity contribution >= 4 is 12.2 Å². The van der Waals surface area contributed by atoms with Crippen molar-refractivity contribution < 1.29 is 9.13 Å². The minimum absolute atomic E-state index is 0.229. The van der Waals surface area contributed by atoms with Crippen LogP contribution in [0.3, 0.4) is 0 Å². The smallest absolute Gasteiger partial charge is 0.174 e.